The second-order valence-electron chi connectivity index (χ2n) is 6.30. The molecule has 2 aromatic rings. The fourth-order valence-corrected chi connectivity index (χ4v) is 3.06. The molecular weight excluding hydrogens is 318 g/mol. The van der Waals surface area contributed by atoms with Gasteiger partial charge in [-0.15, -0.1) is 0 Å². The summed E-state index contributed by atoms with van der Waals surface area (Å²) in [5, 5.41) is 0. The molecule has 1 atom stereocenters. The molecule has 25 heavy (non-hydrogen) atoms. The van der Waals surface area contributed by atoms with E-state index in [0.717, 1.165) is 24.5 Å². The second-order valence-corrected chi connectivity index (χ2v) is 6.30. The molecule has 0 saturated carbocycles. The zero-order valence-electron chi connectivity index (χ0n) is 14.8. The molecule has 0 aliphatic carbocycles. The molecule has 6 nitrogen and oxygen atoms in total. The molecule has 0 N–H and O–H groups in total. The third-order valence-corrected chi connectivity index (χ3v) is 4.48. The molecule has 0 bridgehead atoms. The Morgan fingerprint density at radius 2 is 2.08 bits per heavy atom. The van der Waals surface area contributed by atoms with Gasteiger partial charge < -0.3 is 19.1 Å². The Kier molecular flexibility index (Phi) is 4.79. The van der Waals surface area contributed by atoms with Crippen molar-refractivity contribution in [3.63, 3.8) is 0 Å². The van der Waals surface area contributed by atoms with Crippen LogP contribution in [-0.2, 0) is 7.05 Å². The Bertz CT molecular complexity index is 831. The molecule has 0 unspecified atom stereocenters. The van der Waals surface area contributed by atoms with Crippen LogP contribution in [0.4, 0.5) is 5.69 Å². The summed E-state index contributed by atoms with van der Waals surface area (Å²) >= 11 is 0. The normalized spacial score (nSPS) is 16.1. The number of aryl methyl sites for hydroxylation is 1. The molecule has 1 aliphatic rings. The van der Waals surface area contributed by atoms with Crippen LogP contribution in [0.3, 0.4) is 0 Å². The molecular formula is C19H23N3O3. The lowest BCUT2D eigenvalue weighted by Crippen LogP contribution is -2.47. The van der Waals surface area contributed by atoms with E-state index in [-0.39, 0.29) is 17.6 Å². The topological polar surface area (TPSA) is 54.8 Å². The number of hydrogen-bond acceptors (Lipinski definition) is 4. The Morgan fingerprint density at radius 3 is 2.80 bits per heavy atom. The average molecular weight is 341 g/mol. The van der Waals surface area contributed by atoms with Crippen LogP contribution < -0.4 is 15.2 Å². The fourth-order valence-electron chi connectivity index (χ4n) is 3.06. The number of likely N-dealkylation sites (N-methyl/N-ethyl adjacent to an activating group) is 2. The van der Waals surface area contributed by atoms with Gasteiger partial charge >= 0.3 is 0 Å². The number of aromatic nitrogens is 1. The monoisotopic (exact) mass is 341 g/mol. The first-order valence-corrected chi connectivity index (χ1v) is 8.42. The minimum Gasteiger partial charge on any atom is -0.485 e. The maximum absolute atomic E-state index is 12.6. The van der Waals surface area contributed by atoms with Crippen molar-refractivity contribution in [2.24, 2.45) is 7.05 Å². The first-order chi connectivity index (χ1) is 12.0. The van der Waals surface area contributed by atoms with Gasteiger partial charge in [0.15, 0.2) is 0 Å². The highest BCUT2D eigenvalue weighted by Gasteiger charge is 2.27. The lowest BCUT2D eigenvalue weighted by atomic mass is 10.1. The summed E-state index contributed by atoms with van der Waals surface area (Å²) in [5.41, 5.74) is 1.29. The van der Waals surface area contributed by atoms with E-state index in [4.69, 9.17) is 4.74 Å². The highest BCUT2D eigenvalue weighted by atomic mass is 16.5. The maximum atomic E-state index is 12.6. The molecule has 3 rings (SSSR count). The van der Waals surface area contributed by atoms with E-state index in [0.29, 0.717) is 12.1 Å². The summed E-state index contributed by atoms with van der Waals surface area (Å²) in [6.45, 7) is 4.16. The molecule has 1 aromatic carbocycles. The Balaban J connectivity index is 1.72. The van der Waals surface area contributed by atoms with Crippen LogP contribution in [0.5, 0.6) is 5.75 Å². The summed E-state index contributed by atoms with van der Waals surface area (Å²) in [7, 11) is 3.40. The predicted molar refractivity (Wildman–Crippen MR) is 97.4 cm³/mol. The van der Waals surface area contributed by atoms with Crippen LogP contribution >= 0.6 is 0 Å². The van der Waals surface area contributed by atoms with Crippen LogP contribution in [0, 0.1) is 0 Å². The summed E-state index contributed by atoms with van der Waals surface area (Å²) < 4.78 is 7.50. The number of fused-ring (bicyclic) bond motifs is 1. The van der Waals surface area contributed by atoms with E-state index in [1.54, 1.807) is 31.3 Å². The molecule has 0 spiro atoms. The van der Waals surface area contributed by atoms with Gasteiger partial charge in [0.2, 0.25) is 0 Å². The van der Waals surface area contributed by atoms with Gasteiger partial charge in [-0.3, -0.25) is 9.59 Å². The molecule has 0 saturated heterocycles. The molecule has 2 heterocycles. The standard InChI is InChI=1S/C19H23N3O3/c1-4-22-13-15(25-17-8-6-5-7-16(17)22)12-21(3)19(24)14-9-10-20(2)18(23)11-14/h5-11,15H,4,12-13H2,1-3H3/t15-/m0/s1. The number of hydrogen-bond donors (Lipinski definition) is 0. The van der Waals surface area contributed by atoms with Crippen LogP contribution in [0.2, 0.25) is 0 Å². The number of carbonyl (C=O) groups is 1. The molecule has 1 aromatic heterocycles. The van der Waals surface area contributed by atoms with Gasteiger partial charge in [0.25, 0.3) is 11.5 Å². The van der Waals surface area contributed by atoms with Crippen LogP contribution in [-0.4, -0.2) is 48.2 Å². The van der Waals surface area contributed by atoms with Crippen molar-refractivity contribution in [1.29, 1.82) is 0 Å². The SMILES string of the molecule is CCN1C[C@H](CN(C)C(=O)c2ccn(C)c(=O)c2)Oc2ccccc21. The van der Waals surface area contributed by atoms with Crippen molar-refractivity contribution in [2.75, 3.05) is 31.6 Å². The summed E-state index contributed by atoms with van der Waals surface area (Å²) in [4.78, 5) is 28.2. The van der Waals surface area contributed by atoms with Gasteiger partial charge in [-0.2, -0.15) is 0 Å². The van der Waals surface area contributed by atoms with Gasteiger partial charge in [-0.05, 0) is 25.1 Å². The van der Waals surface area contributed by atoms with Crippen molar-refractivity contribution >= 4 is 11.6 Å². The van der Waals surface area contributed by atoms with Gasteiger partial charge in [0.05, 0.1) is 18.8 Å². The number of rotatable bonds is 4. The van der Waals surface area contributed by atoms with E-state index in [2.05, 4.69) is 11.8 Å². The highest BCUT2D eigenvalue weighted by Crippen LogP contribution is 2.32. The quantitative estimate of drug-likeness (QED) is 0.850. The number of anilines is 1. The summed E-state index contributed by atoms with van der Waals surface area (Å²) in [5.74, 6) is 0.665. The summed E-state index contributed by atoms with van der Waals surface area (Å²) in [6, 6.07) is 11.0. The van der Waals surface area contributed by atoms with Crippen molar-refractivity contribution in [1.82, 2.24) is 9.47 Å². The molecule has 6 heteroatoms. The average Bonchev–Trinajstić information content (AvgIpc) is 2.62. The molecule has 132 valence electrons. The third-order valence-electron chi connectivity index (χ3n) is 4.48. The van der Waals surface area contributed by atoms with Crippen molar-refractivity contribution in [3.8, 4) is 5.75 Å². The highest BCUT2D eigenvalue weighted by molar-refractivity contribution is 5.93. The summed E-state index contributed by atoms with van der Waals surface area (Å²) in [6.07, 6.45) is 1.49. The number of nitrogens with zero attached hydrogens (tertiary/aromatic N) is 3. The van der Waals surface area contributed by atoms with E-state index in [1.807, 2.05) is 24.3 Å². The lowest BCUT2D eigenvalue weighted by molar-refractivity contribution is 0.0709. The molecule has 1 amide bonds. The zero-order chi connectivity index (χ0) is 18.0. The van der Waals surface area contributed by atoms with E-state index >= 15 is 0 Å². The Labute approximate surface area is 147 Å². The maximum Gasteiger partial charge on any atom is 0.253 e. The smallest absolute Gasteiger partial charge is 0.253 e. The first-order valence-electron chi connectivity index (χ1n) is 8.42. The number of benzene rings is 1. The van der Waals surface area contributed by atoms with E-state index in [1.165, 1.54) is 10.6 Å². The number of ether oxygens (including phenoxy) is 1. The number of amides is 1. The van der Waals surface area contributed by atoms with E-state index in [9.17, 15) is 9.59 Å². The second kappa shape index (κ2) is 7.01. The Hall–Kier alpha value is -2.76. The van der Waals surface area contributed by atoms with Crippen molar-refractivity contribution in [3.05, 3.63) is 58.5 Å². The van der Waals surface area contributed by atoms with E-state index < -0.39 is 0 Å². The molecule has 1 aliphatic heterocycles. The minimum atomic E-state index is -0.195. The van der Waals surface area contributed by atoms with Crippen LogP contribution in [0.25, 0.3) is 0 Å². The first kappa shape index (κ1) is 17.1. The predicted octanol–water partition coefficient (Wildman–Crippen LogP) is 1.74. The molecule has 0 radical (unpaired) electrons. The number of para-hydroxylation sites is 2. The minimum absolute atomic E-state index is 0.115. The number of pyridine rings is 1. The van der Waals surface area contributed by atoms with Gasteiger partial charge in [-0.25, -0.2) is 0 Å². The van der Waals surface area contributed by atoms with Gasteiger partial charge in [-0.1, -0.05) is 12.1 Å². The largest absolute Gasteiger partial charge is 0.485 e. The zero-order valence-corrected chi connectivity index (χ0v) is 14.8. The van der Waals surface area contributed by atoms with Gasteiger partial charge in [0, 0.05) is 38.5 Å². The van der Waals surface area contributed by atoms with Crippen molar-refractivity contribution in [2.45, 2.75) is 13.0 Å². The lowest BCUT2D eigenvalue weighted by Gasteiger charge is -2.37. The number of carbonyl (C=O) groups excluding carboxylic acids is 1. The fraction of sp³-hybridized carbons (Fsp3) is 0.368. The van der Waals surface area contributed by atoms with Crippen molar-refractivity contribution < 1.29 is 9.53 Å². The Morgan fingerprint density at radius 1 is 1.32 bits per heavy atom. The molecule has 0 fully saturated rings. The van der Waals surface area contributed by atoms with Crippen LogP contribution in [0.1, 0.15) is 17.3 Å². The third kappa shape index (κ3) is 3.52. The van der Waals surface area contributed by atoms with Crippen LogP contribution in [0.15, 0.2) is 47.4 Å². The van der Waals surface area contributed by atoms with Gasteiger partial charge in [0.1, 0.15) is 11.9 Å².